The summed E-state index contributed by atoms with van der Waals surface area (Å²) in [5.74, 6) is -0.345. The predicted octanol–water partition coefficient (Wildman–Crippen LogP) is 2.78. The number of hydrogen-bond acceptors (Lipinski definition) is 7. The maximum atomic E-state index is 12.0. The number of benzene rings is 1. The van der Waals surface area contributed by atoms with E-state index in [4.69, 9.17) is 9.47 Å². The molecule has 30 heavy (non-hydrogen) atoms. The minimum absolute atomic E-state index is 0.107. The number of nitrogens with zero attached hydrogens (tertiary/aromatic N) is 4. The van der Waals surface area contributed by atoms with Crippen molar-refractivity contribution in [1.82, 2.24) is 10.4 Å². The van der Waals surface area contributed by atoms with Crippen molar-refractivity contribution in [1.29, 1.82) is 5.26 Å². The fourth-order valence-corrected chi connectivity index (χ4v) is 2.91. The highest BCUT2D eigenvalue weighted by Crippen LogP contribution is 2.21. The molecule has 1 N–H and O–H groups in total. The monoisotopic (exact) mass is 409 g/mol. The largest absolute Gasteiger partial charge is 0.467 e. The van der Waals surface area contributed by atoms with Gasteiger partial charge < -0.3 is 14.4 Å². The van der Waals surface area contributed by atoms with E-state index in [0.29, 0.717) is 11.3 Å². The maximum absolute atomic E-state index is 12.0. The summed E-state index contributed by atoms with van der Waals surface area (Å²) < 4.78 is 10.5. The molecule has 8 nitrogen and oxygen atoms in total. The molecule has 2 rings (SSSR count). The quantitative estimate of drug-likeness (QED) is 0.478. The standard InChI is InChI=1S/C22H27N5O3/c1-5-27(6-2)19-9-7-17(8-10-19)13-24-26-21(28)15-30-22-20(12-23)18(14-29-4)11-16(3)25-22/h7-11,13H,5-6,14-15H2,1-4H3,(H,26,28)/b24-13-. The van der Waals surface area contributed by atoms with Crippen molar-refractivity contribution in [3.05, 3.63) is 52.7 Å². The minimum Gasteiger partial charge on any atom is -0.467 e. The molecular weight excluding hydrogens is 382 g/mol. The number of hydrazone groups is 1. The molecule has 0 atom stereocenters. The number of amides is 1. The summed E-state index contributed by atoms with van der Waals surface area (Å²) in [5, 5.41) is 13.3. The van der Waals surface area contributed by atoms with Gasteiger partial charge in [0.05, 0.1) is 12.8 Å². The topological polar surface area (TPSA) is 99.8 Å². The van der Waals surface area contributed by atoms with E-state index in [1.54, 1.807) is 26.3 Å². The van der Waals surface area contributed by atoms with Gasteiger partial charge in [0.15, 0.2) is 6.61 Å². The van der Waals surface area contributed by atoms with Gasteiger partial charge in [0.25, 0.3) is 5.91 Å². The molecule has 0 aliphatic rings. The van der Waals surface area contributed by atoms with Gasteiger partial charge in [-0.2, -0.15) is 10.4 Å². The Labute approximate surface area is 177 Å². The second-order valence-corrected chi connectivity index (χ2v) is 6.49. The molecule has 0 spiro atoms. The molecule has 2 aromatic rings. The molecule has 1 aromatic heterocycles. The summed E-state index contributed by atoms with van der Waals surface area (Å²) in [6.07, 6.45) is 1.56. The number of carbonyl (C=O) groups is 1. The third-order valence-electron chi connectivity index (χ3n) is 4.37. The zero-order valence-corrected chi connectivity index (χ0v) is 17.8. The van der Waals surface area contributed by atoms with Gasteiger partial charge in [-0.15, -0.1) is 0 Å². The van der Waals surface area contributed by atoms with E-state index < -0.39 is 5.91 Å². The zero-order valence-electron chi connectivity index (χ0n) is 17.8. The molecule has 0 radical (unpaired) electrons. The van der Waals surface area contributed by atoms with E-state index in [2.05, 4.69) is 40.3 Å². The number of aromatic nitrogens is 1. The SMILES string of the molecule is CCN(CC)c1ccc(/C=N\NC(=O)COc2nc(C)cc(COC)c2C#N)cc1. The van der Waals surface area contributed by atoms with E-state index in [9.17, 15) is 10.1 Å². The van der Waals surface area contributed by atoms with Crippen molar-refractivity contribution < 1.29 is 14.3 Å². The minimum atomic E-state index is -0.452. The Morgan fingerprint density at radius 2 is 2.00 bits per heavy atom. The fourth-order valence-electron chi connectivity index (χ4n) is 2.91. The van der Waals surface area contributed by atoms with Crippen LogP contribution in [0.15, 0.2) is 35.4 Å². The first-order chi connectivity index (χ1) is 14.5. The maximum Gasteiger partial charge on any atom is 0.278 e. The molecule has 1 heterocycles. The van der Waals surface area contributed by atoms with Crippen LogP contribution in [-0.2, 0) is 16.1 Å². The number of aryl methyl sites for hydroxylation is 1. The van der Waals surface area contributed by atoms with Gasteiger partial charge >= 0.3 is 0 Å². The van der Waals surface area contributed by atoms with Gasteiger partial charge in [0.1, 0.15) is 11.6 Å². The van der Waals surface area contributed by atoms with Crippen LogP contribution in [0.4, 0.5) is 5.69 Å². The lowest BCUT2D eigenvalue weighted by molar-refractivity contribution is -0.123. The Kier molecular flexibility index (Phi) is 8.78. The van der Waals surface area contributed by atoms with Crippen LogP contribution in [-0.4, -0.2) is 43.9 Å². The van der Waals surface area contributed by atoms with E-state index in [1.807, 2.05) is 24.3 Å². The normalized spacial score (nSPS) is 10.6. The number of carbonyl (C=O) groups excluding carboxylic acids is 1. The van der Waals surface area contributed by atoms with Crippen LogP contribution in [0, 0.1) is 18.3 Å². The number of nitrogens with one attached hydrogen (secondary N) is 1. The summed E-state index contributed by atoms with van der Waals surface area (Å²) >= 11 is 0. The lowest BCUT2D eigenvalue weighted by atomic mass is 10.1. The Morgan fingerprint density at radius 1 is 1.30 bits per heavy atom. The molecule has 1 amide bonds. The van der Waals surface area contributed by atoms with Gasteiger partial charge in [0, 0.05) is 37.1 Å². The average molecular weight is 409 g/mol. The van der Waals surface area contributed by atoms with E-state index >= 15 is 0 Å². The number of hydrogen-bond donors (Lipinski definition) is 1. The number of ether oxygens (including phenoxy) is 2. The van der Waals surface area contributed by atoms with Gasteiger partial charge in [0.2, 0.25) is 5.88 Å². The summed E-state index contributed by atoms with van der Waals surface area (Å²) in [6, 6.07) is 11.7. The molecule has 0 saturated carbocycles. The third kappa shape index (κ3) is 6.29. The molecule has 0 fully saturated rings. The average Bonchev–Trinajstić information content (AvgIpc) is 2.74. The zero-order chi connectivity index (χ0) is 21.9. The van der Waals surface area contributed by atoms with Crippen molar-refractivity contribution in [2.45, 2.75) is 27.4 Å². The Hall–Kier alpha value is -3.44. The van der Waals surface area contributed by atoms with Gasteiger partial charge in [-0.05, 0) is 44.5 Å². The number of methoxy groups -OCH3 is 1. The second kappa shape index (κ2) is 11.5. The number of anilines is 1. The van der Waals surface area contributed by atoms with Crippen molar-refractivity contribution >= 4 is 17.8 Å². The van der Waals surface area contributed by atoms with Crippen molar-refractivity contribution in [3.63, 3.8) is 0 Å². The smallest absolute Gasteiger partial charge is 0.278 e. The van der Waals surface area contributed by atoms with E-state index in [-0.39, 0.29) is 24.7 Å². The van der Waals surface area contributed by atoms with Gasteiger partial charge in [-0.3, -0.25) is 4.79 Å². The fraction of sp³-hybridized carbons (Fsp3) is 0.364. The molecule has 158 valence electrons. The Morgan fingerprint density at radius 3 is 2.60 bits per heavy atom. The van der Waals surface area contributed by atoms with Gasteiger partial charge in [-0.25, -0.2) is 10.4 Å². The summed E-state index contributed by atoms with van der Waals surface area (Å²) in [6.45, 7) is 7.83. The van der Waals surface area contributed by atoms with E-state index in [1.165, 1.54) is 0 Å². The van der Waals surface area contributed by atoms with Crippen LogP contribution in [0.25, 0.3) is 0 Å². The predicted molar refractivity (Wildman–Crippen MR) is 116 cm³/mol. The first-order valence-corrected chi connectivity index (χ1v) is 9.71. The Balaban J connectivity index is 1.93. The van der Waals surface area contributed by atoms with Crippen LogP contribution >= 0.6 is 0 Å². The highest BCUT2D eigenvalue weighted by molar-refractivity contribution is 5.83. The summed E-state index contributed by atoms with van der Waals surface area (Å²) in [4.78, 5) is 18.5. The number of nitriles is 1. The first-order valence-electron chi connectivity index (χ1n) is 9.71. The van der Waals surface area contributed by atoms with Crippen LogP contribution < -0.4 is 15.1 Å². The second-order valence-electron chi connectivity index (χ2n) is 6.49. The molecule has 0 aliphatic carbocycles. The van der Waals surface area contributed by atoms with E-state index in [0.717, 1.165) is 24.3 Å². The molecule has 0 aliphatic heterocycles. The Bertz CT molecular complexity index is 916. The lowest BCUT2D eigenvalue weighted by Gasteiger charge is -2.20. The lowest BCUT2D eigenvalue weighted by Crippen LogP contribution is -2.25. The first kappa shape index (κ1) is 22.8. The van der Waals surface area contributed by atoms with Crippen molar-refractivity contribution in [2.75, 3.05) is 31.7 Å². The number of pyridine rings is 1. The van der Waals surface area contributed by atoms with Crippen LogP contribution in [0.2, 0.25) is 0 Å². The molecule has 0 saturated heterocycles. The van der Waals surface area contributed by atoms with Crippen LogP contribution in [0.5, 0.6) is 5.88 Å². The highest BCUT2D eigenvalue weighted by Gasteiger charge is 2.14. The molecule has 1 aromatic carbocycles. The molecule has 8 heteroatoms. The summed E-state index contributed by atoms with van der Waals surface area (Å²) in [7, 11) is 1.54. The molecule has 0 bridgehead atoms. The van der Waals surface area contributed by atoms with Crippen LogP contribution in [0.1, 0.15) is 36.2 Å². The summed E-state index contributed by atoms with van der Waals surface area (Å²) in [5.41, 5.74) is 6.00. The highest BCUT2D eigenvalue weighted by atomic mass is 16.5. The van der Waals surface area contributed by atoms with Crippen LogP contribution in [0.3, 0.4) is 0 Å². The third-order valence-corrected chi connectivity index (χ3v) is 4.37. The van der Waals surface area contributed by atoms with Crippen molar-refractivity contribution in [3.8, 4) is 11.9 Å². The van der Waals surface area contributed by atoms with Gasteiger partial charge in [-0.1, -0.05) is 12.1 Å². The molecular formula is C22H27N5O3. The number of rotatable bonds is 10. The molecule has 0 unspecified atom stereocenters. The van der Waals surface area contributed by atoms with Crippen molar-refractivity contribution in [2.24, 2.45) is 5.10 Å².